The predicted octanol–water partition coefficient (Wildman–Crippen LogP) is 1.81. The minimum Gasteiger partial charge on any atom is -0.315 e. The highest BCUT2D eigenvalue weighted by atomic mass is 32.2. The van der Waals surface area contributed by atoms with E-state index in [1.807, 2.05) is 0 Å². The molecule has 0 aromatic heterocycles. The van der Waals surface area contributed by atoms with Gasteiger partial charge in [0, 0.05) is 17.8 Å². The van der Waals surface area contributed by atoms with Crippen LogP contribution in [0, 0.1) is 5.92 Å². The fraction of sp³-hybridized carbons (Fsp3) is 1.00. The van der Waals surface area contributed by atoms with Crippen LogP contribution in [0.5, 0.6) is 0 Å². The highest BCUT2D eigenvalue weighted by Crippen LogP contribution is 2.46. The van der Waals surface area contributed by atoms with E-state index in [0.29, 0.717) is 4.75 Å². The number of likely N-dealkylation sites (tertiary alicyclic amines) is 1. The Bertz CT molecular complexity index is 204. The van der Waals surface area contributed by atoms with E-state index in [-0.39, 0.29) is 0 Å². The van der Waals surface area contributed by atoms with Crippen molar-refractivity contribution in [3.63, 3.8) is 0 Å². The van der Waals surface area contributed by atoms with Gasteiger partial charge in [0.2, 0.25) is 0 Å². The van der Waals surface area contributed by atoms with Gasteiger partial charge in [-0.25, -0.2) is 0 Å². The number of nitrogens with zero attached hydrogens (tertiary/aromatic N) is 1. The largest absolute Gasteiger partial charge is 0.315 e. The average Bonchev–Trinajstić information content (AvgIpc) is 2.99. The lowest BCUT2D eigenvalue weighted by Gasteiger charge is -2.30. The monoisotopic (exact) mass is 228 g/mol. The van der Waals surface area contributed by atoms with Crippen molar-refractivity contribution in [1.82, 2.24) is 10.2 Å². The van der Waals surface area contributed by atoms with Crippen molar-refractivity contribution in [3.05, 3.63) is 0 Å². The van der Waals surface area contributed by atoms with Crippen LogP contribution in [0.4, 0.5) is 0 Å². The van der Waals surface area contributed by atoms with Crippen molar-refractivity contribution in [2.24, 2.45) is 5.92 Å². The van der Waals surface area contributed by atoms with Crippen molar-refractivity contribution in [2.75, 3.05) is 39.5 Å². The van der Waals surface area contributed by atoms with E-state index in [1.165, 1.54) is 51.9 Å². The van der Waals surface area contributed by atoms with Crippen molar-refractivity contribution >= 4 is 11.8 Å². The molecule has 1 atom stereocenters. The molecule has 1 saturated carbocycles. The van der Waals surface area contributed by atoms with Gasteiger partial charge in [-0.2, -0.15) is 11.8 Å². The van der Waals surface area contributed by atoms with E-state index in [1.54, 1.807) is 0 Å². The molecule has 2 rings (SSSR count). The van der Waals surface area contributed by atoms with Gasteiger partial charge < -0.3 is 10.2 Å². The molecule has 0 aromatic carbocycles. The first-order chi connectivity index (χ1) is 7.24. The summed E-state index contributed by atoms with van der Waals surface area (Å²) in [6.07, 6.45) is 7.90. The van der Waals surface area contributed by atoms with Crippen LogP contribution in [0.2, 0.25) is 0 Å². The fourth-order valence-electron chi connectivity index (χ4n) is 2.54. The normalized spacial score (nSPS) is 30.4. The maximum Gasteiger partial charge on any atom is 0.0282 e. The fourth-order valence-corrected chi connectivity index (χ4v) is 3.29. The molecule has 1 aliphatic carbocycles. The molecule has 0 bridgehead atoms. The van der Waals surface area contributed by atoms with Crippen molar-refractivity contribution in [1.29, 1.82) is 0 Å². The minimum absolute atomic E-state index is 0.626. The Kier molecular flexibility index (Phi) is 3.97. The summed E-state index contributed by atoms with van der Waals surface area (Å²) >= 11 is 2.05. The number of thioether (sulfide) groups is 1. The standard InChI is InChI=1S/C12H24N2S/c1-14-7-3-4-11(9-14)8-13-10-12(15-2)5-6-12/h11,13H,3-10H2,1-2H3. The molecule has 1 saturated heterocycles. The number of rotatable bonds is 5. The third-order valence-corrected chi connectivity index (χ3v) is 5.26. The summed E-state index contributed by atoms with van der Waals surface area (Å²) in [7, 11) is 2.25. The van der Waals surface area contributed by atoms with Crippen molar-refractivity contribution in [2.45, 2.75) is 30.4 Å². The molecule has 1 N–H and O–H groups in total. The predicted molar refractivity (Wildman–Crippen MR) is 68.6 cm³/mol. The summed E-state index contributed by atoms with van der Waals surface area (Å²) in [6, 6.07) is 0. The van der Waals surface area contributed by atoms with Crippen LogP contribution in [-0.4, -0.2) is 49.1 Å². The highest BCUT2D eigenvalue weighted by Gasteiger charge is 2.41. The van der Waals surface area contributed by atoms with Gasteiger partial charge in [-0.1, -0.05) is 0 Å². The topological polar surface area (TPSA) is 15.3 Å². The Morgan fingerprint density at radius 1 is 1.47 bits per heavy atom. The van der Waals surface area contributed by atoms with E-state index >= 15 is 0 Å². The molecular weight excluding hydrogens is 204 g/mol. The van der Waals surface area contributed by atoms with E-state index in [0.717, 1.165) is 5.92 Å². The van der Waals surface area contributed by atoms with Gasteiger partial charge in [0.25, 0.3) is 0 Å². The Hall–Kier alpha value is 0.270. The smallest absolute Gasteiger partial charge is 0.0282 e. The van der Waals surface area contributed by atoms with Crippen LogP contribution >= 0.6 is 11.8 Å². The first-order valence-corrected chi connectivity index (χ1v) is 7.41. The van der Waals surface area contributed by atoms with Crippen LogP contribution in [0.3, 0.4) is 0 Å². The lowest BCUT2D eigenvalue weighted by atomic mass is 9.98. The Morgan fingerprint density at radius 2 is 2.27 bits per heavy atom. The van der Waals surface area contributed by atoms with E-state index in [4.69, 9.17) is 0 Å². The number of hydrogen-bond donors (Lipinski definition) is 1. The molecule has 2 fully saturated rings. The molecular formula is C12H24N2S. The zero-order valence-corrected chi connectivity index (χ0v) is 10.9. The van der Waals surface area contributed by atoms with Gasteiger partial charge in [-0.15, -0.1) is 0 Å². The van der Waals surface area contributed by atoms with Crippen LogP contribution in [-0.2, 0) is 0 Å². The highest BCUT2D eigenvalue weighted by molar-refractivity contribution is 8.00. The maximum atomic E-state index is 3.68. The zero-order valence-electron chi connectivity index (χ0n) is 10.1. The van der Waals surface area contributed by atoms with Gasteiger partial charge in [-0.3, -0.25) is 0 Å². The Balaban J connectivity index is 1.61. The third kappa shape index (κ3) is 3.36. The Morgan fingerprint density at radius 3 is 2.87 bits per heavy atom. The van der Waals surface area contributed by atoms with Gasteiger partial charge in [0.1, 0.15) is 0 Å². The number of piperidine rings is 1. The molecule has 2 nitrogen and oxygen atoms in total. The van der Waals surface area contributed by atoms with Crippen LogP contribution < -0.4 is 5.32 Å². The number of hydrogen-bond acceptors (Lipinski definition) is 3. The van der Waals surface area contributed by atoms with E-state index in [2.05, 4.69) is 35.3 Å². The van der Waals surface area contributed by atoms with Gasteiger partial charge >= 0.3 is 0 Å². The first-order valence-electron chi connectivity index (χ1n) is 6.18. The first kappa shape index (κ1) is 11.7. The van der Waals surface area contributed by atoms with Crippen molar-refractivity contribution in [3.8, 4) is 0 Å². The summed E-state index contributed by atoms with van der Waals surface area (Å²) in [5, 5.41) is 3.68. The second kappa shape index (κ2) is 5.07. The molecule has 1 aliphatic heterocycles. The molecule has 1 heterocycles. The second-order valence-corrected chi connectivity index (χ2v) is 6.56. The molecule has 3 heteroatoms. The molecule has 2 aliphatic rings. The summed E-state index contributed by atoms with van der Waals surface area (Å²) < 4.78 is 0.626. The van der Waals surface area contributed by atoms with Crippen LogP contribution in [0.25, 0.3) is 0 Å². The molecule has 15 heavy (non-hydrogen) atoms. The van der Waals surface area contributed by atoms with Gasteiger partial charge in [0.15, 0.2) is 0 Å². The van der Waals surface area contributed by atoms with Crippen LogP contribution in [0.15, 0.2) is 0 Å². The maximum absolute atomic E-state index is 3.68. The van der Waals surface area contributed by atoms with Gasteiger partial charge in [0.05, 0.1) is 0 Å². The molecule has 0 spiro atoms. The molecule has 0 amide bonds. The van der Waals surface area contributed by atoms with Crippen LogP contribution in [0.1, 0.15) is 25.7 Å². The SMILES string of the molecule is CSC1(CNCC2CCCN(C)C2)CC1. The van der Waals surface area contributed by atoms with Crippen molar-refractivity contribution < 1.29 is 0 Å². The summed E-state index contributed by atoms with van der Waals surface area (Å²) in [5.74, 6) is 0.890. The zero-order chi connectivity index (χ0) is 10.7. The minimum atomic E-state index is 0.626. The second-order valence-electron chi connectivity index (χ2n) is 5.29. The summed E-state index contributed by atoms with van der Waals surface area (Å²) in [5.41, 5.74) is 0. The third-order valence-electron chi connectivity index (χ3n) is 3.84. The van der Waals surface area contributed by atoms with E-state index in [9.17, 15) is 0 Å². The lowest BCUT2D eigenvalue weighted by molar-refractivity contribution is 0.206. The number of nitrogens with one attached hydrogen (secondary N) is 1. The lowest BCUT2D eigenvalue weighted by Crippen LogP contribution is -2.39. The summed E-state index contributed by atoms with van der Waals surface area (Å²) in [4.78, 5) is 2.47. The van der Waals surface area contributed by atoms with E-state index < -0.39 is 0 Å². The average molecular weight is 228 g/mol. The molecule has 0 aromatic rings. The summed E-state index contributed by atoms with van der Waals surface area (Å²) in [6.45, 7) is 5.05. The Labute approximate surface area is 98.2 Å². The molecule has 1 unspecified atom stereocenters. The quantitative estimate of drug-likeness (QED) is 0.773. The molecule has 0 radical (unpaired) electrons. The van der Waals surface area contributed by atoms with Gasteiger partial charge in [-0.05, 0) is 58.0 Å². The molecule has 88 valence electrons.